The molecule has 0 bridgehead atoms. The first kappa shape index (κ1) is 11.0. The van der Waals surface area contributed by atoms with E-state index in [0.29, 0.717) is 0 Å². The van der Waals surface area contributed by atoms with Gasteiger partial charge >= 0.3 is 0 Å². The third-order valence-electron chi connectivity index (χ3n) is 2.31. The zero-order valence-electron chi connectivity index (χ0n) is 9.14. The lowest BCUT2D eigenvalue weighted by atomic mass is 10.1. The van der Waals surface area contributed by atoms with Crippen LogP contribution in [0.4, 0.5) is 0 Å². The third kappa shape index (κ3) is 3.75. The fraction of sp³-hybridized carbons (Fsp3) is 0.385. The van der Waals surface area contributed by atoms with Crippen LogP contribution in [0.3, 0.4) is 0 Å². The molecule has 1 aromatic carbocycles. The SMILES string of the molecule is C=C(C)CCNCc1ccccc1C. The Morgan fingerprint density at radius 3 is 2.71 bits per heavy atom. The van der Waals surface area contributed by atoms with Gasteiger partial charge in [-0.2, -0.15) is 0 Å². The van der Waals surface area contributed by atoms with Crippen molar-refractivity contribution in [3.05, 3.63) is 47.5 Å². The van der Waals surface area contributed by atoms with E-state index >= 15 is 0 Å². The molecule has 1 heteroatoms. The molecule has 1 aromatic rings. The summed E-state index contributed by atoms with van der Waals surface area (Å²) < 4.78 is 0. The van der Waals surface area contributed by atoms with Gasteiger partial charge < -0.3 is 5.32 Å². The largest absolute Gasteiger partial charge is 0.312 e. The lowest BCUT2D eigenvalue weighted by Crippen LogP contribution is -2.15. The van der Waals surface area contributed by atoms with Gasteiger partial charge in [0.25, 0.3) is 0 Å². The molecule has 0 aliphatic rings. The molecule has 0 unspecified atom stereocenters. The Hall–Kier alpha value is -1.08. The highest BCUT2D eigenvalue weighted by Crippen LogP contribution is 2.06. The molecular formula is C13H19N. The number of hydrogen-bond donors (Lipinski definition) is 1. The van der Waals surface area contributed by atoms with Crippen molar-refractivity contribution in [3.8, 4) is 0 Å². The molecule has 0 saturated carbocycles. The molecule has 1 nitrogen and oxygen atoms in total. The predicted octanol–water partition coefficient (Wildman–Crippen LogP) is 3.05. The van der Waals surface area contributed by atoms with Crippen LogP contribution in [0.15, 0.2) is 36.4 Å². The quantitative estimate of drug-likeness (QED) is 0.554. The molecule has 1 rings (SSSR count). The van der Waals surface area contributed by atoms with Crippen molar-refractivity contribution in [2.75, 3.05) is 6.54 Å². The van der Waals surface area contributed by atoms with Crippen LogP contribution in [0, 0.1) is 6.92 Å². The van der Waals surface area contributed by atoms with Crippen LogP contribution >= 0.6 is 0 Å². The second-order valence-electron chi connectivity index (χ2n) is 3.81. The summed E-state index contributed by atoms with van der Waals surface area (Å²) in [4.78, 5) is 0. The molecule has 1 N–H and O–H groups in total. The van der Waals surface area contributed by atoms with Crippen molar-refractivity contribution in [1.82, 2.24) is 5.32 Å². The summed E-state index contributed by atoms with van der Waals surface area (Å²) in [5, 5.41) is 3.41. The van der Waals surface area contributed by atoms with E-state index in [4.69, 9.17) is 0 Å². The minimum atomic E-state index is 0.958. The molecule has 0 fully saturated rings. The monoisotopic (exact) mass is 189 g/mol. The van der Waals surface area contributed by atoms with E-state index < -0.39 is 0 Å². The van der Waals surface area contributed by atoms with Crippen LogP contribution in [-0.2, 0) is 6.54 Å². The molecule has 0 radical (unpaired) electrons. The van der Waals surface area contributed by atoms with Crippen LogP contribution in [-0.4, -0.2) is 6.54 Å². The van der Waals surface area contributed by atoms with E-state index in [1.54, 1.807) is 0 Å². The maximum absolute atomic E-state index is 3.88. The first-order valence-electron chi connectivity index (χ1n) is 5.10. The molecule has 0 aliphatic heterocycles. The first-order chi connectivity index (χ1) is 6.70. The van der Waals surface area contributed by atoms with Crippen LogP contribution in [0.2, 0.25) is 0 Å². The summed E-state index contributed by atoms with van der Waals surface area (Å²) in [5.74, 6) is 0. The Bertz CT molecular complexity index is 302. The Kier molecular flexibility index (Phi) is 4.41. The smallest absolute Gasteiger partial charge is 0.0208 e. The molecule has 0 amide bonds. The van der Waals surface area contributed by atoms with E-state index in [1.165, 1.54) is 16.7 Å². The van der Waals surface area contributed by atoms with Crippen LogP contribution < -0.4 is 5.32 Å². The lowest BCUT2D eigenvalue weighted by Gasteiger charge is -2.07. The standard InChI is InChI=1S/C13H19N/c1-11(2)8-9-14-10-13-7-5-4-6-12(13)3/h4-7,14H,1,8-10H2,2-3H3. The van der Waals surface area contributed by atoms with Crippen LogP contribution in [0.1, 0.15) is 24.5 Å². The van der Waals surface area contributed by atoms with Gasteiger partial charge in [-0.1, -0.05) is 29.8 Å². The summed E-state index contributed by atoms with van der Waals surface area (Å²) in [5.41, 5.74) is 3.98. The highest BCUT2D eigenvalue weighted by atomic mass is 14.8. The van der Waals surface area contributed by atoms with Crippen LogP contribution in [0.25, 0.3) is 0 Å². The molecule has 76 valence electrons. The summed E-state index contributed by atoms with van der Waals surface area (Å²) >= 11 is 0. The van der Waals surface area contributed by atoms with Gasteiger partial charge in [0.2, 0.25) is 0 Å². The Labute approximate surface area is 86.8 Å². The highest BCUT2D eigenvalue weighted by molar-refractivity contribution is 5.25. The van der Waals surface area contributed by atoms with E-state index in [2.05, 4.69) is 50.0 Å². The molecule has 0 aromatic heterocycles. The van der Waals surface area contributed by atoms with Gasteiger partial charge in [0.1, 0.15) is 0 Å². The number of nitrogens with one attached hydrogen (secondary N) is 1. The number of aryl methyl sites for hydroxylation is 1. The second kappa shape index (κ2) is 5.61. The molecule has 0 spiro atoms. The molecule has 0 heterocycles. The molecule has 0 aliphatic carbocycles. The number of benzene rings is 1. The maximum atomic E-state index is 3.88. The Morgan fingerprint density at radius 1 is 1.36 bits per heavy atom. The predicted molar refractivity (Wildman–Crippen MR) is 62.3 cm³/mol. The lowest BCUT2D eigenvalue weighted by molar-refractivity contribution is 0.682. The third-order valence-corrected chi connectivity index (χ3v) is 2.31. The van der Waals surface area contributed by atoms with Crippen molar-refractivity contribution >= 4 is 0 Å². The first-order valence-corrected chi connectivity index (χ1v) is 5.10. The molecule has 0 saturated heterocycles. The zero-order chi connectivity index (χ0) is 10.4. The van der Waals surface area contributed by atoms with Crippen molar-refractivity contribution in [2.24, 2.45) is 0 Å². The molecule has 0 atom stereocenters. The van der Waals surface area contributed by atoms with Gasteiger partial charge in [0, 0.05) is 6.54 Å². The molecule has 14 heavy (non-hydrogen) atoms. The van der Waals surface area contributed by atoms with Crippen molar-refractivity contribution < 1.29 is 0 Å². The Morgan fingerprint density at radius 2 is 2.07 bits per heavy atom. The van der Waals surface area contributed by atoms with Gasteiger partial charge in [-0.3, -0.25) is 0 Å². The maximum Gasteiger partial charge on any atom is 0.0208 e. The van der Waals surface area contributed by atoms with E-state index in [1.807, 2.05) is 0 Å². The highest BCUT2D eigenvalue weighted by Gasteiger charge is 1.95. The summed E-state index contributed by atoms with van der Waals surface area (Å²) in [7, 11) is 0. The minimum absolute atomic E-state index is 0.958. The van der Waals surface area contributed by atoms with Gasteiger partial charge in [-0.15, -0.1) is 6.58 Å². The summed E-state index contributed by atoms with van der Waals surface area (Å²) in [6, 6.07) is 8.48. The zero-order valence-corrected chi connectivity index (χ0v) is 9.14. The second-order valence-corrected chi connectivity index (χ2v) is 3.81. The average molecular weight is 189 g/mol. The van der Waals surface area contributed by atoms with Crippen molar-refractivity contribution in [2.45, 2.75) is 26.8 Å². The van der Waals surface area contributed by atoms with Gasteiger partial charge in [-0.25, -0.2) is 0 Å². The Balaban J connectivity index is 2.31. The number of rotatable bonds is 5. The number of hydrogen-bond acceptors (Lipinski definition) is 1. The van der Waals surface area contributed by atoms with E-state index in [0.717, 1.165) is 19.5 Å². The summed E-state index contributed by atoms with van der Waals surface area (Å²) in [6.45, 7) is 10.1. The average Bonchev–Trinajstić information content (AvgIpc) is 2.15. The normalized spacial score (nSPS) is 10.1. The van der Waals surface area contributed by atoms with Gasteiger partial charge in [-0.05, 0) is 37.9 Å². The van der Waals surface area contributed by atoms with Crippen molar-refractivity contribution in [3.63, 3.8) is 0 Å². The minimum Gasteiger partial charge on any atom is -0.312 e. The van der Waals surface area contributed by atoms with Gasteiger partial charge in [0.05, 0.1) is 0 Å². The van der Waals surface area contributed by atoms with Crippen LogP contribution in [0.5, 0.6) is 0 Å². The fourth-order valence-electron chi connectivity index (χ4n) is 1.33. The van der Waals surface area contributed by atoms with E-state index in [-0.39, 0.29) is 0 Å². The van der Waals surface area contributed by atoms with Crippen molar-refractivity contribution in [1.29, 1.82) is 0 Å². The summed E-state index contributed by atoms with van der Waals surface area (Å²) in [6.07, 6.45) is 1.06. The molecular weight excluding hydrogens is 170 g/mol. The topological polar surface area (TPSA) is 12.0 Å². The van der Waals surface area contributed by atoms with Gasteiger partial charge in [0.15, 0.2) is 0 Å². The van der Waals surface area contributed by atoms with E-state index in [9.17, 15) is 0 Å². The fourth-order valence-corrected chi connectivity index (χ4v) is 1.33.